The lowest BCUT2D eigenvalue weighted by Crippen LogP contribution is -2.09. The van der Waals surface area contributed by atoms with E-state index in [0.29, 0.717) is 5.92 Å². The van der Waals surface area contributed by atoms with Gasteiger partial charge in [0, 0.05) is 24.7 Å². The maximum Gasteiger partial charge on any atom is 0.102 e. The van der Waals surface area contributed by atoms with E-state index in [1.54, 1.807) is 11.8 Å². The van der Waals surface area contributed by atoms with Crippen LogP contribution < -0.4 is 5.32 Å². The van der Waals surface area contributed by atoms with Crippen LogP contribution in [0.2, 0.25) is 0 Å². The van der Waals surface area contributed by atoms with Crippen molar-refractivity contribution in [2.75, 3.05) is 31.3 Å². The third kappa shape index (κ3) is 5.54. The van der Waals surface area contributed by atoms with E-state index in [-0.39, 0.29) is 0 Å². The Kier molecular flexibility index (Phi) is 7.39. The molecular weight excluding hydrogens is 256 g/mol. The summed E-state index contributed by atoms with van der Waals surface area (Å²) in [6.45, 7) is 6.68. The van der Waals surface area contributed by atoms with Crippen molar-refractivity contribution in [3.63, 3.8) is 0 Å². The second-order valence-corrected chi connectivity index (χ2v) is 5.59. The molecule has 0 fully saturated rings. The molecule has 0 bridgehead atoms. The van der Waals surface area contributed by atoms with Crippen LogP contribution in [0.3, 0.4) is 0 Å². The molecule has 4 heteroatoms. The van der Waals surface area contributed by atoms with Crippen molar-refractivity contribution < 1.29 is 4.74 Å². The van der Waals surface area contributed by atoms with Gasteiger partial charge in [-0.15, -0.1) is 11.8 Å². The van der Waals surface area contributed by atoms with Crippen LogP contribution in [0, 0.1) is 17.2 Å². The standard InChI is InChI=1S/C15H22N2OS/c1-12(2)11-18-9-5-8-17-14-6-4-7-15(19-3)13(14)10-16/h4,6-7,12,17H,5,8-9,11H2,1-3H3. The fourth-order valence-electron chi connectivity index (χ4n) is 1.68. The van der Waals surface area contributed by atoms with Crippen LogP contribution in [0.5, 0.6) is 0 Å². The fourth-order valence-corrected chi connectivity index (χ4v) is 2.25. The Balaban J connectivity index is 2.39. The van der Waals surface area contributed by atoms with Crippen LogP contribution in [-0.2, 0) is 4.74 Å². The molecule has 1 aromatic carbocycles. The maximum absolute atomic E-state index is 9.20. The lowest BCUT2D eigenvalue weighted by Gasteiger charge is -2.11. The minimum atomic E-state index is 0.580. The third-order valence-electron chi connectivity index (χ3n) is 2.59. The molecule has 0 aliphatic rings. The number of nitrogens with one attached hydrogen (secondary N) is 1. The Bertz CT molecular complexity index is 427. The van der Waals surface area contributed by atoms with Gasteiger partial charge in [-0.1, -0.05) is 19.9 Å². The van der Waals surface area contributed by atoms with E-state index >= 15 is 0 Å². The molecule has 1 rings (SSSR count). The molecule has 104 valence electrons. The van der Waals surface area contributed by atoms with Crippen molar-refractivity contribution in [3.8, 4) is 6.07 Å². The predicted octanol–water partition coefficient (Wildman–Crippen LogP) is 3.75. The number of nitrogens with zero attached hydrogens (tertiary/aromatic N) is 1. The first-order chi connectivity index (χ1) is 9.19. The zero-order valence-electron chi connectivity index (χ0n) is 11.9. The minimum Gasteiger partial charge on any atom is -0.384 e. The summed E-state index contributed by atoms with van der Waals surface area (Å²) < 4.78 is 5.53. The highest BCUT2D eigenvalue weighted by Gasteiger charge is 2.06. The SMILES string of the molecule is CSc1cccc(NCCCOCC(C)C)c1C#N. The number of hydrogen-bond donors (Lipinski definition) is 1. The summed E-state index contributed by atoms with van der Waals surface area (Å²) in [6.07, 6.45) is 2.93. The average Bonchev–Trinajstić information content (AvgIpc) is 2.41. The molecule has 0 saturated carbocycles. The monoisotopic (exact) mass is 278 g/mol. The highest BCUT2D eigenvalue weighted by Crippen LogP contribution is 2.26. The Morgan fingerprint density at radius 1 is 1.42 bits per heavy atom. The van der Waals surface area contributed by atoms with E-state index in [2.05, 4.69) is 25.2 Å². The van der Waals surface area contributed by atoms with Crippen molar-refractivity contribution in [1.29, 1.82) is 5.26 Å². The normalized spacial score (nSPS) is 10.5. The van der Waals surface area contributed by atoms with Gasteiger partial charge in [0.2, 0.25) is 0 Å². The van der Waals surface area contributed by atoms with E-state index in [9.17, 15) is 5.26 Å². The minimum absolute atomic E-state index is 0.580. The van der Waals surface area contributed by atoms with Crippen LogP contribution in [0.15, 0.2) is 23.1 Å². The number of nitriles is 1. The highest BCUT2D eigenvalue weighted by atomic mass is 32.2. The molecule has 19 heavy (non-hydrogen) atoms. The Morgan fingerprint density at radius 3 is 2.84 bits per heavy atom. The Morgan fingerprint density at radius 2 is 2.21 bits per heavy atom. The van der Waals surface area contributed by atoms with Crippen molar-refractivity contribution >= 4 is 17.4 Å². The molecule has 0 unspecified atom stereocenters. The molecule has 0 spiro atoms. The smallest absolute Gasteiger partial charge is 0.102 e. The first-order valence-corrected chi connectivity index (χ1v) is 7.80. The quantitative estimate of drug-likeness (QED) is 0.581. The largest absolute Gasteiger partial charge is 0.384 e. The second-order valence-electron chi connectivity index (χ2n) is 4.74. The first kappa shape index (κ1) is 15.9. The molecule has 0 amide bonds. The van der Waals surface area contributed by atoms with Gasteiger partial charge >= 0.3 is 0 Å². The van der Waals surface area contributed by atoms with Gasteiger partial charge in [0.15, 0.2) is 0 Å². The molecule has 0 saturated heterocycles. The third-order valence-corrected chi connectivity index (χ3v) is 3.37. The zero-order chi connectivity index (χ0) is 14.1. The van der Waals surface area contributed by atoms with E-state index < -0.39 is 0 Å². The van der Waals surface area contributed by atoms with Gasteiger partial charge in [-0.3, -0.25) is 0 Å². The molecule has 0 aromatic heterocycles. The van der Waals surface area contributed by atoms with Gasteiger partial charge in [0.25, 0.3) is 0 Å². The Hall–Kier alpha value is -1.18. The number of ether oxygens (including phenoxy) is 1. The molecule has 0 radical (unpaired) electrons. The lowest BCUT2D eigenvalue weighted by atomic mass is 10.2. The fraction of sp³-hybridized carbons (Fsp3) is 0.533. The first-order valence-electron chi connectivity index (χ1n) is 6.57. The summed E-state index contributed by atoms with van der Waals surface area (Å²) in [6, 6.07) is 8.17. The molecule has 0 aliphatic carbocycles. The number of rotatable bonds is 8. The summed E-state index contributed by atoms with van der Waals surface area (Å²) in [7, 11) is 0. The van der Waals surface area contributed by atoms with Crippen LogP contribution in [0.1, 0.15) is 25.8 Å². The van der Waals surface area contributed by atoms with Crippen molar-refractivity contribution in [2.24, 2.45) is 5.92 Å². The van der Waals surface area contributed by atoms with E-state index in [4.69, 9.17) is 4.74 Å². The average molecular weight is 278 g/mol. The molecule has 3 nitrogen and oxygen atoms in total. The summed E-state index contributed by atoms with van der Waals surface area (Å²) in [4.78, 5) is 1.02. The van der Waals surface area contributed by atoms with Gasteiger partial charge in [-0.05, 0) is 30.7 Å². The van der Waals surface area contributed by atoms with Gasteiger partial charge < -0.3 is 10.1 Å². The summed E-state index contributed by atoms with van der Waals surface area (Å²) >= 11 is 1.60. The molecule has 1 N–H and O–H groups in total. The number of hydrogen-bond acceptors (Lipinski definition) is 4. The molecule has 0 aliphatic heterocycles. The van der Waals surface area contributed by atoms with E-state index in [0.717, 1.165) is 42.3 Å². The molecule has 0 heterocycles. The predicted molar refractivity (Wildman–Crippen MR) is 81.7 cm³/mol. The summed E-state index contributed by atoms with van der Waals surface area (Å²) in [5, 5.41) is 12.5. The van der Waals surface area contributed by atoms with Crippen molar-refractivity contribution in [2.45, 2.75) is 25.2 Å². The summed E-state index contributed by atoms with van der Waals surface area (Å²) in [5.41, 5.74) is 1.65. The van der Waals surface area contributed by atoms with Crippen LogP contribution in [-0.4, -0.2) is 26.0 Å². The zero-order valence-corrected chi connectivity index (χ0v) is 12.7. The topological polar surface area (TPSA) is 45.0 Å². The maximum atomic E-state index is 9.20. The molecule has 0 atom stereocenters. The van der Waals surface area contributed by atoms with Crippen molar-refractivity contribution in [1.82, 2.24) is 0 Å². The lowest BCUT2D eigenvalue weighted by molar-refractivity contribution is 0.110. The number of benzene rings is 1. The molecule has 1 aromatic rings. The van der Waals surface area contributed by atoms with E-state index in [1.807, 2.05) is 24.5 Å². The van der Waals surface area contributed by atoms with Gasteiger partial charge in [0.1, 0.15) is 6.07 Å². The van der Waals surface area contributed by atoms with Crippen molar-refractivity contribution in [3.05, 3.63) is 23.8 Å². The molecular formula is C15H22N2OS. The summed E-state index contributed by atoms with van der Waals surface area (Å²) in [5.74, 6) is 0.580. The van der Waals surface area contributed by atoms with Crippen LogP contribution in [0.4, 0.5) is 5.69 Å². The van der Waals surface area contributed by atoms with Crippen LogP contribution >= 0.6 is 11.8 Å². The van der Waals surface area contributed by atoms with Gasteiger partial charge in [-0.2, -0.15) is 5.26 Å². The highest BCUT2D eigenvalue weighted by molar-refractivity contribution is 7.98. The van der Waals surface area contributed by atoms with Gasteiger partial charge in [-0.25, -0.2) is 0 Å². The van der Waals surface area contributed by atoms with E-state index in [1.165, 1.54) is 0 Å². The second kappa shape index (κ2) is 8.84. The van der Waals surface area contributed by atoms with Crippen LogP contribution in [0.25, 0.3) is 0 Å². The van der Waals surface area contributed by atoms with Gasteiger partial charge in [0.05, 0.1) is 11.3 Å². The number of anilines is 1. The Labute approximate surface area is 120 Å². The number of thioether (sulfide) groups is 1.